The summed E-state index contributed by atoms with van der Waals surface area (Å²) in [5.74, 6) is 0. The van der Waals surface area contributed by atoms with Gasteiger partial charge in [0.2, 0.25) is 0 Å². The summed E-state index contributed by atoms with van der Waals surface area (Å²) >= 11 is -2.81. The van der Waals surface area contributed by atoms with E-state index in [1.165, 1.54) is 13.1 Å². The second-order valence-corrected chi connectivity index (χ2v) is 28.7. The first-order chi connectivity index (χ1) is 6.59. The van der Waals surface area contributed by atoms with E-state index >= 15 is 0 Å². The third-order valence-electron chi connectivity index (χ3n) is 3.18. The minimum atomic E-state index is -2.81. The average Bonchev–Trinajstić information content (AvgIpc) is 2.11. The van der Waals surface area contributed by atoms with Gasteiger partial charge in [-0.3, -0.25) is 0 Å². The molecular weight excluding hydrogens is 328 g/mol. The molecule has 1 aliphatic heterocycles. The summed E-state index contributed by atoms with van der Waals surface area (Å²) in [4.78, 5) is 0. The minimum absolute atomic E-state index is 0. The normalized spacial score (nSPS) is 22.5. The number of halogens is 3. The van der Waals surface area contributed by atoms with Crippen molar-refractivity contribution in [3.05, 3.63) is 0 Å². The van der Waals surface area contributed by atoms with E-state index in [-0.39, 0.29) is 37.2 Å². The molecular formula is C11H32Cl3N3Ti. The number of rotatable bonds is 1. The molecule has 18 heavy (non-hydrogen) atoms. The van der Waals surface area contributed by atoms with E-state index in [2.05, 4.69) is 40.2 Å². The quantitative estimate of drug-likeness (QED) is 0.704. The third kappa shape index (κ3) is 9.38. The first-order valence-electron chi connectivity index (χ1n) is 6.27. The summed E-state index contributed by atoms with van der Waals surface area (Å²) in [6.07, 6.45) is 0. The fourth-order valence-electron chi connectivity index (χ4n) is 2.08. The van der Waals surface area contributed by atoms with Gasteiger partial charge < -0.3 is 0 Å². The van der Waals surface area contributed by atoms with Gasteiger partial charge >= 0.3 is 93.7 Å². The first kappa shape index (κ1) is 24.5. The van der Waals surface area contributed by atoms with Crippen LogP contribution >= 0.6 is 37.2 Å². The molecule has 3 nitrogen and oxygen atoms in total. The molecule has 0 radical (unpaired) electrons. The summed E-state index contributed by atoms with van der Waals surface area (Å²) in [5.41, 5.74) is 0. The Balaban J connectivity index is -0.000000750. The zero-order valence-electron chi connectivity index (χ0n) is 12.4. The van der Waals surface area contributed by atoms with Gasteiger partial charge in [0.25, 0.3) is 0 Å². The molecule has 0 aromatic heterocycles. The van der Waals surface area contributed by atoms with Crippen LogP contribution in [-0.2, 0) is 14.3 Å². The van der Waals surface area contributed by atoms with Crippen molar-refractivity contribution in [1.29, 1.82) is 0 Å². The Bertz CT molecular complexity index is 217. The van der Waals surface area contributed by atoms with Gasteiger partial charge in [0, 0.05) is 0 Å². The van der Waals surface area contributed by atoms with E-state index < -0.39 is 14.3 Å². The third-order valence-corrected chi connectivity index (χ3v) is 8.81. The first-order valence-corrected chi connectivity index (χ1v) is 14.8. The van der Waals surface area contributed by atoms with Crippen molar-refractivity contribution in [1.82, 2.24) is 14.0 Å². The molecule has 0 aromatic carbocycles. The number of nitrogens with zero attached hydrogens (tertiary/aromatic N) is 1. The van der Waals surface area contributed by atoms with Crippen LogP contribution in [0.4, 0.5) is 0 Å². The Morgan fingerprint density at radius 2 is 1.00 bits per heavy atom. The summed E-state index contributed by atoms with van der Waals surface area (Å²) in [5, 5.41) is 19.5. The number of hydrogen-bond acceptors (Lipinski definition) is 3. The van der Waals surface area contributed by atoms with Gasteiger partial charge in [-0.2, -0.15) is 0 Å². The molecule has 1 heterocycles. The predicted molar refractivity (Wildman–Crippen MR) is 88.4 cm³/mol. The molecule has 0 bridgehead atoms. The van der Waals surface area contributed by atoms with Crippen LogP contribution in [0.1, 0.15) is 0 Å². The Labute approximate surface area is 130 Å². The van der Waals surface area contributed by atoms with Crippen molar-refractivity contribution in [2.24, 2.45) is 0 Å². The number of nitrogens with one attached hydrogen (secondary N) is 2. The Morgan fingerprint density at radius 1 is 0.667 bits per heavy atom. The van der Waals surface area contributed by atoms with Crippen LogP contribution < -0.4 is 10.6 Å². The fourth-order valence-corrected chi connectivity index (χ4v) is 5.93. The van der Waals surface area contributed by atoms with E-state index in [9.17, 15) is 0 Å². The van der Waals surface area contributed by atoms with Crippen molar-refractivity contribution in [2.45, 2.75) is 26.1 Å². The Morgan fingerprint density at radius 3 is 1.28 bits per heavy atom. The molecule has 2 N–H and O–H groups in total. The van der Waals surface area contributed by atoms with Gasteiger partial charge in [0.15, 0.2) is 0 Å². The topological polar surface area (TPSA) is 27.3 Å². The van der Waals surface area contributed by atoms with Crippen LogP contribution in [0.3, 0.4) is 0 Å². The van der Waals surface area contributed by atoms with Crippen LogP contribution in [-0.4, -0.2) is 42.7 Å². The van der Waals surface area contributed by atoms with Crippen molar-refractivity contribution < 1.29 is 14.3 Å². The Kier molecular flexibility index (Phi) is 10.2. The fraction of sp³-hybridized carbons (Fsp3) is 1.00. The second kappa shape index (κ2) is 7.47. The van der Waals surface area contributed by atoms with Crippen LogP contribution in [0.15, 0.2) is 0 Å². The molecule has 0 saturated carbocycles. The van der Waals surface area contributed by atoms with E-state index in [0.717, 1.165) is 26.2 Å². The molecule has 1 rings (SSSR count). The predicted octanol–water partition coefficient (Wildman–Crippen LogP) is 3.13. The average molecular weight is 361 g/mol. The Hall–Kier alpha value is 1.46. The van der Waals surface area contributed by atoms with E-state index in [4.69, 9.17) is 0 Å². The molecule has 7 heteroatoms. The van der Waals surface area contributed by atoms with Gasteiger partial charge in [0.05, 0.1) is 0 Å². The van der Waals surface area contributed by atoms with Gasteiger partial charge in [-0.05, 0) is 0 Å². The summed E-state index contributed by atoms with van der Waals surface area (Å²) < 4.78 is 2.76. The van der Waals surface area contributed by atoms with Crippen LogP contribution in [0.5, 0.6) is 0 Å². The second-order valence-electron chi connectivity index (χ2n) is 8.61. The molecule has 1 aliphatic rings. The summed E-state index contributed by atoms with van der Waals surface area (Å²) in [7, 11) is 0. The maximum absolute atomic E-state index is 3.49. The van der Waals surface area contributed by atoms with Crippen molar-refractivity contribution in [3.63, 3.8) is 0 Å². The van der Waals surface area contributed by atoms with E-state index in [1.54, 1.807) is 0 Å². The van der Waals surface area contributed by atoms with Gasteiger partial charge in [0.1, 0.15) is 0 Å². The molecule has 0 aliphatic carbocycles. The summed E-state index contributed by atoms with van der Waals surface area (Å²) in [6, 6.07) is 0. The van der Waals surface area contributed by atoms with Crippen LogP contribution in [0.25, 0.3) is 0 Å². The van der Waals surface area contributed by atoms with Crippen molar-refractivity contribution in [2.75, 3.05) is 39.3 Å². The van der Waals surface area contributed by atoms with Crippen molar-refractivity contribution in [3.8, 4) is 0 Å². The molecule has 116 valence electrons. The van der Waals surface area contributed by atoms with Gasteiger partial charge in [-0.25, -0.2) is 0 Å². The molecule has 0 unspecified atom stereocenters. The van der Waals surface area contributed by atoms with E-state index in [0.29, 0.717) is 0 Å². The molecule has 1 fully saturated rings. The molecule has 1 saturated heterocycles. The van der Waals surface area contributed by atoms with Crippen molar-refractivity contribution >= 4 is 37.2 Å². The molecule has 0 atom stereocenters. The van der Waals surface area contributed by atoms with E-state index in [1.807, 2.05) is 0 Å². The number of hydrogen-bond donors (Lipinski definition) is 2. The molecule has 0 aromatic rings. The molecule has 0 spiro atoms. The van der Waals surface area contributed by atoms with Gasteiger partial charge in [-0.1, -0.05) is 0 Å². The summed E-state index contributed by atoms with van der Waals surface area (Å²) in [6.45, 7) is 6.85. The monoisotopic (exact) mass is 359 g/mol. The SMILES string of the molecule is Cl.Cl.Cl.[CH3][Ti]([CH3])([CH3])([CH3])([CH3])[N]1CCNCCNCC1. The standard InChI is InChI=1S/C6H14N3.5CH3.3ClH.Ti/c1-2-8-5-6-9-4-3-7-1;;;;;;;;;/h7-8H,1-6H2;5*1H3;3*1H;/q-1;;;;;;;;;+1. The molecule has 0 amide bonds. The van der Waals surface area contributed by atoms with Crippen LogP contribution in [0.2, 0.25) is 26.1 Å². The van der Waals surface area contributed by atoms with Crippen LogP contribution in [0, 0.1) is 0 Å². The maximum atomic E-state index is 3.49. The zero-order valence-corrected chi connectivity index (χ0v) is 16.4. The zero-order chi connectivity index (χ0) is 11.6. The van der Waals surface area contributed by atoms with Gasteiger partial charge in [-0.15, -0.1) is 37.2 Å².